The second kappa shape index (κ2) is 8.16. The van der Waals surface area contributed by atoms with Crippen LogP contribution in [-0.2, 0) is 11.2 Å². The molecule has 0 radical (unpaired) electrons. The summed E-state index contributed by atoms with van der Waals surface area (Å²) in [7, 11) is 0. The number of carbonyl (C=O) groups excluding carboxylic acids is 1. The standard InChI is InChI=1S/C29H22N6O/c36-26-9-2-5-17-4-1-6-19(12-17)22-7-3-8-25-27(22)33-29(32-25)28-23-14-18(10-11-24(23)34-35-28)20-13-21(31-26)16-30-15-20/h1,3-4,6-8,10-16H,2,5,9H2,(H,31,36)(H,32,33)(H,34,35). The lowest BCUT2D eigenvalue weighted by molar-refractivity contribution is -0.116. The largest absolute Gasteiger partial charge is 0.337 e. The Bertz CT molecular complexity index is 1780. The van der Waals surface area contributed by atoms with Gasteiger partial charge in [0.15, 0.2) is 5.82 Å². The topological polar surface area (TPSA) is 99.4 Å². The molecule has 0 atom stereocenters. The molecule has 1 aliphatic heterocycles. The number of para-hydroxylation sites is 1. The molecule has 8 bridgehead atoms. The highest BCUT2D eigenvalue weighted by molar-refractivity contribution is 5.98. The van der Waals surface area contributed by atoms with Crippen LogP contribution in [0.2, 0.25) is 0 Å². The van der Waals surface area contributed by atoms with Crippen LogP contribution in [0, 0.1) is 0 Å². The van der Waals surface area contributed by atoms with Crippen LogP contribution in [0.1, 0.15) is 18.4 Å². The van der Waals surface area contributed by atoms with Crippen molar-refractivity contribution in [2.45, 2.75) is 19.3 Å². The van der Waals surface area contributed by atoms with Gasteiger partial charge in [0.25, 0.3) is 0 Å². The minimum atomic E-state index is -0.0101. The van der Waals surface area contributed by atoms with E-state index < -0.39 is 0 Å². The summed E-state index contributed by atoms with van der Waals surface area (Å²) >= 11 is 0. The van der Waals surface area contributed by atoms with Crippen LogP contribution < -0.4 is 5.32 Å². The maximum atomic E-state index is 12.6. The molecule has 0 fully saturated rings. The molecule has 1 aliphatic rings. The van der Waals surface area contributed by atoms with Gasteiger partial charge in [0.1, 0.15) is 5.69 Å². The zero-order valence-corrected chi connectivity index (χ0v) is 19.4. The molecular formula is C29H22N6O. The molecule has 0 spiro atoms. The average Bonchev–Trinajstić information content (AvgIpc) is 3.52. The maximum Gasteiger partial charge on any atom is 0.224 e. The lowest BCUT2D eigenvalue weighted by atomic mass is 9.99. The van der Waals surface area contributed by atoms with E-state index in [-0.39, 0.29) is 5.91 Å². The van der Waals surface area contributed by atoms with Crippen LogP contribution in [0.4, 0.5) is 5.69 Å². The molecule has 0 saturated carbocycles. The van der Waals surface area contributed by atoms with Gasteiger partial charge in [-0.25, -0.2) is 4.98 Å². The molecule has 0 unspecified atom stereocenters. The number of amides is 1. The Balaban J connectivity index is 1.45. The van der Waals surface area contributed by atoms with E-state index in [2.05, 4.69) is 61.9 Å². The fourth-order valence-corrected chi connectivity index (χ4v) is 4.99. The number of fused-ring (bicyclic) bond motifs is 9. The van der Waals surface area contributed by atoms with Gasteiger partial charge in [-0.15, -0.1) is 0 Å². The Morgan fingerprint density at radius 1 is 0.806 bits per heavy atom. The van der Waals surface area contributed by atoms with Gasteiger partial charge in [-0.3, -0.25) is 14.9 Å². The fourth-order valence-electron chi connectivity index (χ4n) is 4.99. The normalized spacial score (nSPS) is 13.5. The number of nitrogens with zero attached hydrogens (tertiary/aromatic N) is 3. The van der Waals surface area contributed by atoms with Crippen molar-refractivity contribution < 1.29 is 4.79 Å². The number of hydrogen-bond donors (Lipinski definition) is 3. The van der Waals surface area contributed by atoms with Gasteiger partial charge in [0.05, 0.1) is 28.4 Å². The van der Waals surface area contributed by atoms with Gasteiger partial charge >= 0.3 is 0 Å². The van der Waals surface area contributed by atoms with Gasteiger partial charge in [0, 0.05) is 29.1 Å². The summed E-state index contributed by atoms with van der Waals surface area (Å²) in [6, 6.07) is 22.7. The number of H-pyrrole nitrogens is 2. The van der Waals surface area contributed by atoms with Crippen molar-refractivity contribution in [1.29, 1.82) is 0 Å². The lowest BCUT2D eigenvalue weighted by Crippen LogP contribution is -2.11. The number of carbonyl (C=O) groups is 1. The summed E-state index contributed by atoms with van der Waals surface area (Å²) in [6.45, 7) is 0. The lowest BCUT2D eigenvalue weighted by Gasteiger charge is -2.09. The van der Waals surface area contributed by atoms with Crippen molar-refractivity contribution in [2.75, 3.05) is 5.32 Å². The third kappa shape index (κ3) is 3.53. The third-order valence-electron chi connectivity index (χ3n) is 6.76. The fraction of sp³-hybridized carbons (Fsp3) is 0.103. The molecule has 0 aliphatic carbocycles. The van der Waals surface area contributed by atoms with Gasteiger partial charge in [-0.2, -0.15) is 5.10 Å². The van der Waals surface area contributed by atoms with E-state index in [1.165, 1.54) is 5.56 Å². The van der Waals surface area contributed by atoms with E-state index in [9.17, 15) is 4.79 Å². The molecule has 7 rings (SSSR count). The van der Waals surface area contributed by atoms with Crippen LogP contribution in [0.25, 0.3) is 55.7 Å². The SMILES string of the molecule is O=C1CCCc2cccc(c2)-c2cccc3[nH]c(nc23)-c2n[nH]c3ccc(cc23)-c2cncc(c2)N1. The maximum absolute atomic E-state index is 12.6. The molecular weight excluding hydrogens is 448 g/mol. The molecule has 36 heavy (non-hydrogen) atoms. The number of aromatic nitrogens is 5. The van der Waals surface area contributed by atoms with Crippen molar-refractivity contribution in [3.8, 4) is 33.8 Å². The Labute approximate surface area is 206 Å². The molecule has 174 valence electrons. The Morgan fingerprint density at radius 2 is 1.75 bits per heavy atom. The highest BCUT2D eigenvalue weighted by Gasteiger charge is 2.16. The Morgan fingerprint density at radius 3 is 2.72 bits per heavy atom. The zero-order valence-electron chi connectivity index (χ0n) is 19.4. The molecule has 3 aromatic heterocycles. The van der Waals surface area contributed by atoms with Gasteiger partial charge < -0.3 is 10.3 Å². The number of anilines is 1. The highest BCUT2D eigenvalue weighted by Crippen LogP contribution is 2.34. The van der Waals surface area contributed by atoms with Crippen molar-refractivity contribution in [3.63, 3.8) is 0 Å². The van der Waals surface area contributed by atoms with Gasteiger partial charge in [-0.05, 0) is 53.8 Å². The number of benzene rings is 3. The molecule has 7 heteroatoms. The second-order valence-corrected chi connectivity index (χ2v) is 9.18. The molecule has 3 N–H and O–H groups in total. The minimum Gasteiger partial charge on any atom is -0.337 e. The third-order valence-corrected chi connectivity index (χ3v) is 6.76. The van der Waals surface area contributed by atoms with Crippen LogP contribution in [0.5, 0.6) is 0 Å². The number of aromatic amines is 2. The summed E-state index contributed by atoms with van der Waals surface area (Å²) in [6.07, 6.45) is 5.51. The van der Waals surface area contributed by atoms with Crippen molar-refractivity contribution in [2.24, 2.45) is 0 Å². The molecule has 1 amide bonds. The van der Waals surface area contributed by atoms with Gasteiger partial charge in [-0.1, -0.05) is 42.5 Å². The first-order valence-corrected chi connectivity index (χ1v) is 12.0. The summed E-state index contributed by atoms with van der Waals surface area (Å²) in [5.41, 5.74) is 9.51. The first kappa shape index (κ1) is 20.6. The quantitative estimate of drug-likeness (QED) is 0.249. The summed E-state index contributed by atoms with van der Waals surface area (Å²) in [5, 5.41) is 11.7. The molecule has 3 aromatic carbocycles. The molecule has 6 aromatic rings. The van der Waals surface area contributed by atoms with Gasteiger partial charge in [0.2, 0.25) is 5.91 Å². The summed E-state index contributed by atoms with van der Waals surface area (Å²) in [4.78, 5) is 25.5. The zero-order chi connectivity index (χ0) is 24.1. The van der Waals surface area contributed by atoms with E-state index in [0.29, 0.717) is 17.9 Å². The smallest absolute Gasteiger partial charge is 0.224 e. The molecule has 4 heterocycles. The Hall–Kier alpha value is -4.78. The van der Waals surface area contributed by atoms with Crippen molar-refractivity contribution in [1.82, 2.24) is 25.1 Å². The van der Waals surface area contributed by atoms with Crippen LogP contribution in [-0.4, -0.2) is 31.1 Å². The predicted molar refractivity (Wildman–Crippen MR) is 141 cm³/mol. The van der Waals surface area contributed by atoms with E-state index in [4.69, 9.17) is 4.98 Å². The first-order chi connectivity index (χ1) is 17.7. The first-order valence-electron chi connectivity index (χ1n) is 12.0. The number of rotatable bonds is 0. The molecule has 7 nitrogen and oxygen atoms in total. The number of imidazole rings is 1. The van der Waals surface area contributed by atoms with Crippen LogP contribution >= 0.6 is 0 Å². The van der Waals surface area contributed by atoms with E-state index in [1.54, 1.807) is 12.4 Å². The summed E-state index contributed by atoms with van der Waals surface area (Å²) in [5.74, 6) is 0.707. The Kier molecular flexibility index (Phi) is 4.67. The van der Waals surface area contributed by atoms with E-state index in [0.717, 1.165) is 62.7 Å². The monoisotopic (exact) mass is 470 g/mol. The molecule has 0 saturated heterocycles. The number of nitrogens with one attached hydrogen (secondary N) is 3. The number of aryl methyl sites for hydroxylation is 1. The summed E-state index contributed by atoms with van der Waals surface area (Å²) < 4.78 is 0. The van der Waals surface area contributed by atoms with Crippen molar-refractivity contribution in [3.05, 3.63) is 84.7 Å². The minimum absolute atomic E-state index is 0.0101. The van der Waals surface area contributed by atoms with Crippen LogP contribution in [0.15, 0.2) is 79.1 Å². The van der Waals surface area contributed by atoms with Crippen molar-refractivity contribution >= 4 is 33.5 Å². The number of pyridine rings is 1. The number of hydrogen-bond acceptors (Lipinski definition) is 4. The van der Waals surface area contributed by atoms with E-state index >= 15 is 0 Å². The second-order valence-electron chi connectivity index (χ2n) is 9.18. The average molecular weight is 471 g/mol. The van der Waals surface area contributed by atoms with Crippen LogP contribution in [0.3, 0.4) is 0 Å². The predicted octanol–water partition coefficient (Wildman–Crippen LogP) is 6.11. The van der Waals surface area contributed by atoms with E-state index in [1.807, 2.05) is 30.3 Å². The highest BCUT2D eigenvalue weighted by atomic mass is 16.1.